The zero-order valence-corrected chi connectivity index (χ0v) is 18.1. The lowest BCUT2D eigenvalue weighted by atomic mass is 10.1. The van der Waals surface area contributed by atoms with Crippen LogP contribution in [0, 0.1) is 19.8 Å². The third-order valence-corrected chi connectivity index (χ3v) is 7.91. The average molecular weight is 441 g/mol. The van der Waals surface area contributed by atoms with E-state index in [0.717, 1.165) is 4.88 Å². The molecule has 0 saturated heterocycles. The number of ketones is 1. The molecule has 4 atom stereocenters. The van der Waals surface area contributed by atoms with E-state index >= 15 is 0 Å². The Morgan fingerprint density at radius 1 is 1.33 bits per heavy atom. The number of rotatable bonds is 6. The van der Waals surface area contributed by atoms with E-state index in [2.05, 4.69) is 22.2 Å². The van der Waals surface area contributed by atoms with Crippen LogP contribution in [0.15, 0.2) is 58.7 Å². The molecule has 0 amide bonds. The number of hydrogen-bond acceptors (Lipinski definition) is 7. The van der Waals surface area contributed by atoms with Crippen molar-refractivity contribution in [3.63, 3.8) is 0 Å². The average Bonchev–Trinajstić information content (AvgIpc) is 3.29. The topological polar surface area (TPSA) is 98.2 Å². The third kappa shape index (κ3) is 4.27. The monoisotopic (exact) mass is 440 g/mol. The summed E-state index contributed by atoms with van der Waals surface area (Å²) >= 11 is -0.0344. The van der Waals surface area contributed by atoms with E-state index in [1.165, 1.54) is 23.9 Å². The second kappa shape index (κ2) is 8.85. The van der Waals surface area contributed by atoms with Crippen molar-refractivity contribution >= 4 is 34.1 Å². The number of carbonyl (C=O) groups is 1. The molecule has 2 heterocycles. The van der Waals surface area contributed by atoms with Crippen LogP contribution < -0.4 is 5.32 Å². The Bertz CT molecular complexity index is 1030. The number of aliphatic hydroxyl groups excluding tert-OH is 1. The second-order valence-electron chi connectivity index (χ2n) is 7.37. The lowest BCUT2D eigenvalue weighted by Crippen LogP contribution is -2.20. The van der Waals surface area contributed by atoms with Crippen LogP contribution in [0.5, 0.6) is 0 Å². The predicted molar refractivity (Wildman–Crippen MR) is 117 cm³/mol. The minimum atomic E-state index is -1.35. The van der Waals surface area contributed by atoms with Gasteiger partial charge in [0, 0.05) is 29.5 Å². The van der Waals surface area contributed by atoms with Crippen LogP contribution in [0.25, 0.3) is 0 Å². The molecule has 2 N–H and O–H groups in total. The Kier molecular flexibility index (Phi) is 6.19. The van der Waals surface area contributed by atoms with E-state index in [9.17, 15) is 14.5 Å². The minimum absolute atomic E-state index is 0.00447. The smallest absolute Gasteiger partial charge is 0.208 e. The second-order valence-corrected chi connectivity index (χ2v) is 10.1. The van der Waals surface area contributed by atoms with Crippen LogP contribution in [-0.2, 0) is 11.2 Å². The van der Waals surface area contributed by atoms with Crippen LogP contribution in [0.1, 0.15) is 33.0 Å². The number of aryl methyl sites for hydroxylation is 1. The summed E-state index contributed by atoms with van der Waals surface area (Å²) in [6.07, 6.45) is 3.69. The van der Waals surface area contributed by atoms with E-state index in [1.807, 2.05) is 37.3 Å². The maximum Gasteiger partial charge on any atom is 0.208 e. The Morgan fingerprint density at radius 3 is 2.80 bits per heavy atom. The maximum absolute atomic E-state index is 13.2. The quantitative estimate of drug-likeness (QED) is 0.449. The highest BCUT2D eigenvalue weighted by Gasteiger charge is 2.31. The van der Waals surface area contributed by atoms with Crippen LogP contribution in [0.4, 0.5) is 5.82 Å². The van der Waals surface area contributed by atoms with Crippen molar-refractivity contribution in [2.24, 2.45) is 5.92 Å². The SMILES string of the molecule is [CH2][C@@H]1C[C@@H](Nc2ncncc2C(=O)c2cc([S@@+]([O-])c3ccccc3)c(C)s2)C[C@@H]1O. The fourth-order valence-corrected chi connectivity index (χ4v) is 6.03. The van der Waals surface area contributed by atoms with Crippen LogP contribution in [0.3, 0.4) is 0 Å². The first-order chi connectivity index (χ1) is 14.4. The molecule has 1 fully saturated rings. The molecule has 0 aliphatic heterocycles. The summed E-state index contributed by atoms with van der Waals surface area (Å²) in [7, 11) is 0. The summed E-state index contributed by atoms with van der Waals surface area (Å²) in [6.45, 7) is 5.82. The zero-order chi connectivity index (χ0) is 21.3. The molecule has 0 bridgehead atoms. The molecule has 2 aromatic heterocycles. The first kappa shape index (κ1) is 21.0. The van der Waals surface area contributed by atoms with Gasteiger partial charge in [0.15, 0.2) is 9.79 Å². The van der Waals surface area contributed by atoms with Gasteiger partial charge < -0.3 is 15.0 Å². The van der Waals surface area contributed by atoms with Crippen molar-refractivity contribution in [2.45, 2.75) is 41.7 Å². The molecule has 1 aromatic carbocycles. The summed E-state index contributed by atoms with van der Waals surface area (Å²) in [5.74, 6) is 0.185. The van der Waals surface area contributed by atoms with Gasteiger partial charge in [-0.25, -0.2) is 9.97 Å². The van der Waals surface area contributed by atoms with Crippen molar-refractivity contribution in [2.75, 3.05) is 5.32 Å². The Hall–Kier alpha value is -2.26. The third-order valence-electron chi connectivity index (χ3n) is 5.21. The van der Waals surface area contributed by atoms with E-state index < -0.39 is 17.3 Å². The fraction of sp³-hybridized carbons (Fsp3) is 0.273. The molecule has 4 rings (SSSR count). The minimum Gasteiger partial charge on any atom is -0.606 e. The number of aromatic nitrogens is 2. The molecule has 1 saturated carbocycles. The van der Waals surface area contributed by atoms with Gasteiger partial charge in [-0.1, -0.05) is 18.2 Å². The molecular formula is C22H22N3O3S2. The van der Waals surface area contributed by atoms with Gasteiger partial charge in [0.25, 0.3) is 0 Å². The molecule has 155 valence electrons. The number of nitrogens with zero attached hydrogens (tertiary/aromatic N) is 2. The Morgan fingerprint density at radius 2 is 2.10 bits per heavy atom. The summed E-state index contributed by atoms with van der Waals surface area (Å²) in [5, 5.41) is 13.2. The molecular weight excluding hydrogens is 418 g/mol. The van der Waals surface area contributed by atoms with Crippen molar-refractivity contribution in [3.05, 3.63) is 71.2 Å². The number of thiophene rings is 1. The first-order valence-electron chi connectivity index (χ1n) is 9.63. The van der Waals surface area contributed by atoms with Crippen molar-refractivity contribution in [1.29, 1.82) is 0 Å². The number of nitrogens with one attached hydrogen (secondary N) is 1. The summed E-state index contributed by atoms with van der Waals surface area (Å²) < 4.78 is 12.9. The van der Waals surface area contributed by atoms with Gasteiger partial charge in [0.05, 0.1) is 21.4 Å². The molecule has 0 unspecified atom stereocenters. The van der Waals surface area contributed by atoms with Crippen molar-refractivity contribution in [3.8, 4) is 0 Å². The van der Waals surface area contributed by atoms with Gasteiger partial charge >= 0.3 is 0 Å². The molecule has 6 nitrogen and oxygen atoms in total. The molecule has 1 radical (unpaired) electrons. The molecule has 30 heavy (non-hydrogen) atoms. The predicted octanol–water partition coefficient (Wildman–Crippen LogP) is 3.63. The van der Waals surface area contributed by atoms with E-state index in [-0.39, 0.29) is 17.7 Å². The van der Waals surface area contributed by atoms with E-state index in [0.29, 0.717) is 38.9 Å². The first-order valence-corrected chi connectivity index (χ1v) is 11.6. The van der Waals surface area contributed by atoms with E-state index in [4.69, 9.17) is 0 Å². The number of carbonyl (C=O) groups excluding carboxylic acids is 1. The number of anilines is 1. The molecule has 3 aromatic rings. The zero-order valence-electron chi connectivity index (χ0n) is 16.4. The summed E-state index contributed by atoms with van der Waals surface area (Å²) in [5.41, 5.74) is 0.359. The van der Waals surface area contributed by atoms with E-state index in [1.54, 1.807) is 6.07 Å². The molecule has 1 aliphatic carbocycles. The number of aliphatic hydroxyl groups is 1. The van der Waals surface area contributed by atoms with Gasteiger partial charge in [0.1, 0.15) is 12.1 Å². The number of benzene rings is 1. The Balaban J connectivity index is 1.59. The van der Waals surface area contributed by atoms with Crippen LogP contribution in [0.2, 0.25) is 0 Å². The normalized spacial score (nSPS) is 22.1. The lowest BCUT2D eigenvalue weighted by molar-refractivity contribution is 0.104. The van der Waals surface area contributed by atoms with Crippen molar-refractivity contribution < 1.29 is 14.5 Å². The summed E-state index contributed by atoms with van der Waals surface area (Å²) in [4.78, 5) is 24.2. The van der Waals surface area contributed by atoms with Gasteiger partial charge in [-0.3, -0.25) is 4.79 Å². The summed E-state index contributed by atoms with van der Waals surface area (Å²) in [6, 6.07) is 10.9. The van der Waals surface area contributed by atoms with Crippen LogP contribution in [-0.4, -0.2) is 37.6 Å². The highest BCUT2D eigenvalue weighted by molar-refractivity contribution is 7.91. The lowest BCUT2D eigenvalue weighted by Gasteiger charge is -2.15. The maximum atomic E-state index is 13.2. The van der Waals surface area contributed by atoms with Gasteiger partial charge in [-0.2, -0.15) is 0 Å². The van der Waals surface area contributed by atoms with Gasteiger partial charge in [0.2, 0.25) is 5.78 Å². The van der Waals surface area contributed by atoms with Crippen molar-refractivity contribution in [1.82, 2.24) is 9.97 Å². The van der Waals surface area contributed by atoms with Crippen LogP contribution >= 0.6 is 11.3 Å². The highest BCUT2D eigenvalue weighted by atomic mass is 32.2. The highest BCUT2D eigenvalue weighted by Crippen LogP contribution is 2.33. The fourth-order valence-electron chi connectivity index (χ4n) is 3.59. The standard InChI is InChI=1S/C22H22N3O3S2/c1-13-8-15(9-18(13)26)25-22-17(11-23-12-24-22)21(27)19-10-20(14(2)29-19)30(28)16-6-4-3-5-7-16/h3-7,10-13,15,18,26H,1,8-9H2,2H3,(H,23,24,25)/t13-,15-,18+,30+/m1/s1. The molecule has 8 heteroatoms. The Labute approximate surface area is 182 Å². The number of hydrogen-bond donors (Lipinski definition) is 2. The van der Waals surface area contributed by atoms with Gasteiger partial charge in [-0.15, -0.1) is 11.3 Å². The molecule has 1 aliphatic rings. The molecule has 0 spiro atoms. The van der Waals surface area contributed by atoms with Gasteiger partial charge in [-0.05, 0) is 44.7 Å². The largest absolute Gasteiger partial charge is 0.606 e.